The van der Waals surface area contributed by atoms with Crippen LogP contribution in [0.1, 0.15) is 47.0 Å². The lowest BCUT2D eigenvalue weighted by Crippen LogP contribution is -2.49. The second kappa shape index (κ2) is 4.97. The first-order valence-electron chi connectivity index (χ1n) is 6.00. The Kier molecular flexibility index (Phi) is 4.14. The number of amides is 1. The molecule has 1 saturated heterocycles. The summed E-state index contributed by atoms with van der Waals surface area (Å²) >= 11 is 0. The number of hydrogen-bond donors (Lipinski definition) is 2. The van der Waals surface area contributed by atoms with Gasteiger partial charge in [-0.2, -0.15) is 0 Å². The molecule has 0 bridgehead atoms. The van der Waals surface area contributed by atoms with Crippen LogP contribution in [0.25, 0.3) is 0 Å². The maximum Gasteiger partial charge on any atom is 0.223 e. The van der Waals surface area contributed by atoms with E-state index >= 15 is 0 Å². The van der Waals surface area contributed by atoms with E-state index in [-0.39, 0.29) is 17.4 Å². The Morgan fingerprint density at radius 1 is 1.53 bits per heavy atom. The number of rotatable bonds is 3. The highest BCUT2D eigenvalue weighted by atomic mass is 16.2. The third-order valence-corrected chi connectivity index (χ3v) is 3.34. The van der Waals surface area contributed by atoms with E-state index in [0.29, 0.717) is 6.04 Å². The molecule has 3 nitrogen and oxygen atoms in total. The van der Waals surface area contributed by atoms with Gasteiger partial charge >= 0.3 is 0 Å². The quantitative estimate of drug-likeness (QED) is 0.747. The number of carbonyl (C=O) groups is 1. The highest BCUT2D eigenvalue weighted by Gasteiger charge is 2.27. The summed E-state index contributed by atoms with van der Waals surface area (Å²) in [7, 11) is 0. The van der Waals surface area contributed by atoms with Crippen LogP contribution in [-0.4, -0.2) is 24.0 Å². The Hall–Kier alpha value is -0.570. The molecule has 0 saturated carbocycles. The van der Waals surface area contributed by atoms with Crippen LogP contribution in [0.2, 0.25) is 0 Å². The van der Waals surface area contributed by atoms with Gasteiger partial charge in [-0.05, 0) is 46.6 Å². The first-order valence-corrected chi connectivity index (χ1v) is 6.00. The lowest BCUT2D eigenvalue weighted by Gasteiger charge is -2.31. The first kappa shape index (κ1) is 12.5. The molecule has 2 atom stereocenters. The van der Waals surface area contributed by atoms with Gasteiger partial charge in [0.05, 0.1) is 0 Å². The molecule has 0 aromatic rings. The molecule has 1 fully saturated rings. The van der Waals surface area contributed by atoms with Gasteiger partial charge in [-0.25, -0.2) is 0 Å². The van der Waals surface area contributed by atoms with Gasteiger partial charge in [0.15, 0.2) is 0 Å². The molecule has 1 aliphatic heterocycles. The van der Waals surface area contributed by atoms with Gasteiger partial charge in [-0.15, -0.1) is 0 Å². The maximum absolute atomic E-state index is 12.0. The highest BCUT2D eigenvalue weighted by molar-refractivity contribution is 5.79. The van der Waals surface area contributed by atoms with Crippen LogP contribution in [0.3, 0.4) is 0 Å². The normalized spacial score (nSPS) is 27.5. The summed E-state index contributed by atoms with van der Waals surface area (Å²) in [5.74, 6) is 0.433. The maximum atomic E-state index is 12.0. The lowest BCUT2D eigenvalue weighted by molar-refractivity contribution is -0.127. The molecule has 0 aromatic carbocycles. The summed E-state index contributed by atoms with van der Waals surface area (Å²) in [6.07, 6.45) is 2.90. The van der Waals surface area contributed by atoms with Crippen LogP contribution < -0.4 is 10.6 Å². The third kappa shape index (κ3) is 3.82. The number of nitrogens with one attached hydrogen (secondary N) is 2. The van der Waals surface area contributed by atoms with Gasteiger partial charge in [-0.3, -0.25) is 4.79 Å². The molecule has 0 spiro atoms. The van der Waals surface area contributed by atoms with Crippen molar-refractivity contribution in [2.24, 2.45) is 5.92 Å². The molecule has 1 rings (SSSR count). The van der Waals surface area contributed by atoms with Gasteiger partial charge in [0.25, 0.3) is 0 Å². The summed E-state index contributed by atoms with van der Waals surface area (Å²) < 4.78 is 0. The van der Waals surface area contributed by atoms with Crippen molar-refractivity contribution in [1.82, 2.24) is 10.6 Å². The zero-order valence-corrected chi connectivity index (χ0v) is 10.4. The fraction of sp³-hybridized carbons (Fsp3) is 0.917. The largest absolute Gasteiger partial charge is 0.351 e. The van der Waals surface area contributed by atoms with E-state index < -0.39 is 0 Å². The fourth-order valence-corrected chi connectivity index (χ4v) is 1.89. The minimum absolute atomic E-state index is 0.0643. The molecule has 1 heterocycles. The number of hydrogen-bond acceptors (Lipinski definition) is 2. The topological polar surface area (TPSA) is 41.1 Å². The molecule has 15 heavy (non-hydrogen) atoms. The molecule has 2 unspecified atom stereocenters. The van der Waals surface area contributed by atoms with Crippen molar-refractivity contribution in [2.45, 2.75) is 58.5 Å². The van der Waals surface area contributed by atoms with Crippen LogP contribution >= 0.6 is 0 Å². The fourth-order valence-electron chi connectivity index (χ4n) is 1.89. The van der Waals surface area contributed by atoms with Gasteiger partial charge < -0.3 is 10.6 Å². The SMILES string of the molecule is CCC(C)(C)NC(=O)C1CCNC(C)C1. The van der Waals surface area contributed by atoms with Crippen LogP contribution in [-0.2, 0) is 4.79 Å². The van der Waals surface area contributed by atoms with E-state index in [9.17, 15) is 4.79 Å². The molecule has 0 aliphatic carbocycles. The average Bonchev–Trinajstić information content (AvgIpc) is 2.17. The zero-order chi connectivity index (χ0) is 11.5. The molecule has 3 heteroatoms. The standard InChI is InChI=1S/C12H24N2O/c1-5-12(3,4)14-11(15)10-6-7-13-9(2)8-10/h9-10,13H,5-8H2,1-4H3,(H,14,15). The monoisotopic (exact) mass is 212 g/mol. The van der Waals surface area contributed by atoms with E-state index in [1.54, 1.807) is 0 Å². The van der Waals surface area contributed by atoms with E-state index in [2.05, 4.69) is 38.3 Å². The van der Waals surface area contributed by atoms with Crippen LogP contribution in [0.5, 0.6) is 0 Å². The second-order valence-electron chi connectivity index (χ2n) is 5.30. The lowest BCUT2D eigenvalue weighted by atomic mass is 9.91. The molecule has 2 N–H and O–H groups in total. The second-order valence-corrected chi connectivity index (χ2v) is 5.30. The predicted molar refractivity (Wildman–Crippen MR) is 62.7 cm³/mol. The number of piperidine rings is 1. The molecule has 88 valence electrons. The summed E-state index contributed by atoms with van der Waals surface area (Å²) in [6, 6.07) is 0.472. The number of carbonyl (C=O) groups excluding carboxylic acids is 1. The molecule has 1 amide bonds. The van der Waals surface area contributed by atoms with Crippen molar-refractivity contribution in [3.63, 3.8) is 0 Å². The van der Waals surface area contributed by atoms with Gasteiger partial charge in [0.1, 0.15) is 0 Å². The molecule has 1 aliphatic rings. The average molecular weight is 212 g/mol. The molecule has 0 radical (unpaired) electrons. The van der Waals surface area contributed by atoms with Gasteiger partial charge in [0, 0.05) is 17.5 Å². The Bertz CT molecular complexity index is 226. The van der Waals surface area contributed by atoms with Crippen molar-refractivity contribution in [1.29, 1.82) is 0 Å². The molecular formula is C12H24N2O. The summed E-state index contributed by atoms with van der Waals surface area (Å²) in [4.78, 5) is 12.0. The minimum Gasteiger partial charge on any atom is -0.351 e. The van der Waals surface area contributed by atoms with Crippen molar-refractivity contribution in [2.75, 3.05) is 6.54 Å². The minimum atomic E-state index is -0.0643. The van der Waals surface area contributed by atoms with E-state index in [4.69, 9.17) is 0 Å². The Balaban J connectivity index is 2.46. The summed E-state index contributed by atoms with van der Waals surface area (Å²) in [5.41, 5.74) is -0.0643. The third-order valence-electron chi connectivity index (χ3n) is 3.34. The van der Waals surface area contributed by atoms with Crippen LogP contribution in [0.4, 0.5) is 0 Å². The molecule has 0 aromatic heterocycles. The van der Waals surface area contributed by atoms with Crippen molar-refractivity contribution < 1.29 is 4.79 Å². The van der Waals surface area contributed by atoms with E-state index in [1.165, 1.54) is 0 Å². The smallest absolute Gasteiger partial charge is 0.223 e. The zero-order valence-electron chi connectivity index (χ0n) is 10.4. The van der Waals surface area contributed by atoms with Crippen LogP contribution in [0.15, 0.2) is 0 Å². The Labute approximate surface area is 93.0 Å². The first-order chi connectivity index (χ1) is 6.94. The Morgan fingerprint density at radius 2 is 2.20 bits per heavy atom. The molecular weight excluding hydrogens is 188 g/mol. The van der Waals surface area contributed by atoms with Gasteiger partial charge in [-0.1, -0.05) is 6.92 Å². The van der Waals surface area contributed by atoms with E-state index in [1.807, 2.05) is 0 Å². The van der Waals surface area contributed by atoms with Crippen LogP contribution in [0, 0.1) is 5.92 Å². The van der Waals surface area contributed by atoms with Crippen molar-refractivity contribution in [3.05, 3.63) is 0 Å². The summed E-state index contributed by atoms with van der Waals surface area (Å²) in [5, 5.41) is 6.49. The van der Waals surface area contributed by atoms with Gasteiger partial charge in [0.2, 0.25) is 5.91 Å². The van der Waals surface area contributed by atoms with E-state index in [0.717, 1.165) is 25.8 Å². The summed E-state index contributed by atoms with van der Waals surface area (Å²) in [6.45, 7) is 9.37. The predicted octanol–water partition coefficient (Wildman–Crippen LogP) is 1.68. The van der Waals surface area contributed by atoms with Crippen molar-refractivity contribution in [3.8, 4) is 0 Å². The Morgan fingerprint density at radius 3 is 2.73 bits per heavy atom. The highest BCUT2D eigenvalue weighted by Crippen LogP contribution is 2.18. The van der Waals surface area contributed by atoms with Crippen molar-refractivity contribution >= 4 is 5.91 Å².